The molecule has 0 radical (unpaired) electrons. The predicted molar refractivity (Wildman–Crippen MR) is 117 cm³/mol. The number of ether oxygens (including phenoxy) is 1. The average molecular weight is 552 g/mol. The lowest BCUT2D eigenvalue weighted by atomic mass is 9.99. The van der Waals surface area contributed by atoms with Gasteiger partial charge < -0.3 is 34.8 Å². The van der Waals surface area contributed by atoms with Crippen LogP contribution in [0.3, 0.4) is 0 Å². The zero-order valence-corrected chi connectivity index (χ0v) is 20.0. The van der Waals surface area contributed by atoms with Crippen LogP contribution in [0.15, 0.2) is 28.9 Å². The smallest absolute Gasteiger partial charge is 0.390 e. The highest BCUT2D eigenvalue weighted by atomic mass is 35.5. The SMILES string of the molecule is CC(C)(O)CC(O)(O)n1ncc(-c2onc(-c3c(F)cccc3Cl)c2C(O)(O)OC2CC2)c1C(F)(F)F. The van der Waals surface area contributed by atoms with Crippen molar-refractivity contribution in [2.45, 2.75) is 62.9 Å². The second kappa shape index (κ2) is 9.01. The summed E-state index contributed by atoms with van der Waals surface area (Å²) in [4.78, 5) is 0. The molecule has 0 aliphatic heterocycles. The zero-order valence-electron chi connectivity index (χ0n) is 19.3. The van der Waals surface area contributed by atoms with E-state index in [4.69, 9.17) is 20.9 Å². The Hall–Kier alpha value is -2.59. The first kappa shape index (κ1) is 27.4. The van der Waals surface area contributed by atoms with E-state index in [0.29, 0.717) is 19.0 Å². The van der Waals surface area contributed by atoms with Gasteiger partial charge in [-0.1, -0.05) is 22.8 Å². The Kier molecular flexibility index (Phi) is 6.68. The molecular formula is C22H22ClF4N3O7. The molecule has 202 valence electrons. The number of benzene rings is 1. The molecule has 5 N–H and O–H groups in total. The standard InChI is InChI=1S/C22H22ClF4N3O7/c1-19(2,31)9-20(32,33)30-18(21(25,26)27)11(8-28-30)17-15(22(34,35)36-10-6-7-10)16(29-37-17)14-12(23)4-3-5-13(14)24/h3-5,8,10,31-35H,6-7,9H2,1-2H3. The lowest BCUT2D eigenvalue weighted by Gasteiger charge is -2.30. The molecule has 0 unspecified atom stereocenters. The van der Waals surface area contributed by atoms with Gasteiger partial charge >= 0.3 is 12.1 Å². The first-order valence-electron chi connectivity index (χ1n) is 10.8. The van der Waals surface area contributed by atoms with Crippen LogP contribution in [0, 0.1) is 5.82 Å². The van der Waals surface area contributed by atoms with Crippen molar-refractivity contribution in [2.75, 3.05) is 0 Å². The van der Waals surface area contributed by atoms with Crippen molar-refractivity contribution >= 4 is 11.6 Å². The van der Waals surface area contributed by atoms with Crippen LogP contribution in [0.5, 0.6) is 0 Å². The number of hydrogen-bond donors (Lipinski definition) is 5. The van der Waals surface area contributed by atoms with Crippen molar-refractivity contribution in [3.63, 3.8) is 0 Å². The Labute approximate surface area is 211 Å². The van der Waals surface area contributed by atoms with Crippen molar-refractivity contribution in [3.05, 3.63) is 46.5 Å². The third-order valence-electron chi connectivity index (χ3n) is 5.36. The molecule has 2 heterocycles. The van der Waals surface area contributed by atoms with Gasteiger partial charge in [0.2, 0.25) is 0 Å². The summed E-state index contributed by atoms with van der Waals surface area (Å²) < 4.78 is 67.5. The maximum Gasteiger partial charge on any atom is 0.433 e. The highest BCUT2D eigenvalue weighted by molar-refractivity contribution is 6.33. The number of alkyl halides is 3. The van der Waals surface area contributed by atoms with Crippen LogP contribution in [0.2, 0.25) is 5.02 Å². The molecule has 0 spiro atoms. The summed E-state index contributed by atoms with van der Waals surface area (Å²) >= 11 is 6.08. The van der Waals surface area contributed by atoms with Crippen molar-refractivity contribution in [2.24, 2.45) is 0 Å². The summed E-state index contributed by atoms with van der Waals surface area (Å²) in [6, 6.07) is 3.43. The molecule has 0 bridgehead atoms. The first-order chi connectivity index (χ1) is 16.9. The number of hydrogen-bond acceptors (Lipinski definition) is 9. The fraction of sp³-hybridized carbons (Fsp3) is 0.455. The first-order valence-corrected chi connectivity index (χ1v) is 11.2. The van der Waals surface area contributed by atoms with E-state index in [9.17, 15) is 43.1 Å². The molecule has 2 aromatic heterocycles. The molecule has 1 aliphatic rings. The highest BCUT2D eigenvalue weighted by Gasteiger charge is 2.49. The van der Waals surface area contributed by atoms with E-state index in [1.165, 1.54) is 12.1 Å². The second-order valence-electron chi connectivity index (χ2n) is 9.34. The second-order valence-corrected chi connectivity index (χ2v) is 9.74. The Balaban J connectivity index is 1.99. The van der Waals surface area contributed by atoms with E-state index < -0.39 is 75.8 Å². The Morgan fingerprint density at radius 3 is 2.32 bits per heavy atom. The van der Waals surface area contributed by atoms with E-state index in [0.717, 1.165) is 19.9 Å². The summed E-state index contributed by atoms with van der Waals surface area (Å²) in [6.07, 6.45) is -5.65. The van der Waals surface area contributed by atoms with Crippen LogP contribution < -0.4 is 0 Å². The summed E-state index contributed by atoms with van der Waals surface area (Å²) in [5.74, 6) is -8.64. The van der Waals surface area contributed by atoms with Crippen molar-refractivity contribution in [1.82, 2.24) is 14.9 Å². The molecule has 0 saturated heterocycles. The number of halogens is 5. The minimum atomic E-state index is -5.33. The van der Waals surface area contributed by atoms with Crippen LogP contribution >= 0.6 is 11.6 Å². The van der Waals surface area contributed by atoms with E-state index in [2.05, 4.69) is 10.3 Å². The Bertz CT molecular complexity index is 1290. The normalized spacial score (nSPS) is 15.5. The van der Waals surface area contributed by atoms with Gasteiger partial charge in [0, 0.05) is 0 Å². The third kappa shape index (κ3) is 5.50. The lowest BCUT2D eigenvalue weighted by molar-refractivity contribution is -0.354. The van der Waals surface area contributed by atoms with E-state index in [1.807, 2.05) is 0 Å². The van der Waals surface area contributed by atoms with Gasteiger partial charge in [-0.25, -0.2) is 9.07 Å². The molecule has 4 rings (SSSR count). The lowest BCUT2D eigenvalue weighted by Crippen LogP contribution is -2.43. The minimum absolute atomic E-state index is 0.208. The van der Waals surface area contributed by atoms with E-state index >= 15 is 0 Å². The maximum absolute atomic E-state index is 14.7. The summed E-state index contributed by atoms with van der Waals surface area (Å²) in [7, 11) is 0. The Morgan fingerprint density at radius 1 is 1.14 bits per heavy atom. The average Bonchev–Trinajstić information content (AvgIpc) is 3.21. The molecule has 1 fully saturated rings. The molecule has 3 aromatic rings. The molecule has 37 heavy (non-hydrogen) atoms. The highest BCUT2D eigenvalue weighted by Crippen LogP contribution is 2.47. The summed E-state index contributed by atoms with van der Waals surface area (Å²) in [5.41, 5.74) is -6.74. The van der Waals surface area contributed by atoms with Gasteiger partial charge in [0.15, 0.2) is 11.5 Å². The van der Waals surface area contributed by atoms with Crippen molar-refractivity contribution in [3.8, 4) is 22.6 Å². The van der Waals surface area contributed by atoms with Gasteiger partial charge in [0.1, 0.15) is 17.1 Å². The van der Waals surface area contributed by atoms with Gasteiger partial charge in [0.25, 0.3) is 5.91 Å². The maximum atomic E-state index is 14.7. The number of aliphatic hydroxyl groups is 5. The molecule has 10 nitrogen and oxygen atoms in total. The topological polar surface area (TPSA) is 154 Å². The van der Waals surface area contributed by atoms with E-state index in [1.54, 1.807) is 0 Å². The van der Waals surface area contributed by atoms with Crippen LogP contribution in [0.1, 0.15) is 44.4 Å². The predicted octanol–water partition coefficient (Wildman–Crippen LogP) is 3.05. The van der Waals surface area contributed by atoms with Gasteiger partial charge in [0.05, 0.1) is 40.5 Å². The van der Waals surface area contributed by atoms with Crippen molar-refractivity contribution < 1.29 is 52.4 Å². The zero-order chi connectivity index (χ0) is 27.6. The van der Waals surface area contributed by atoms with Crippen molar-refractivity contribution in [1.29, 1.82) is 0 Å². The molecule has 15 heteroatoms. The van der Waals surface area contributed by atoms with Crippen LogP contribution in [0.4, 0.5) is 17.6 Å². The van der Waals surface area contributed by atoms with Crippen LogP contribution in [0.25, 0.3) is 22.6 Å². The molecule has 1 saturated carbocycles. The fourth-order valence-corrected chi connectivity index (χ4v) is 4.11. The quantitative estimate of drug-likeness (QED) is 0.210. The number of nitrogens with zero attached hydrogens (tertiary/aromatic N) is 3. The number of rotatable bonds is 8. The van der Waals surface area contributed by atoms with Crippen LogP contribution in [-0.4, -0.2) is 52.2 Å². The largest absolute Gasteiger partial charge is 0.433 e. The number of aromatic nitrogens is 3. The molecule has 0 amide bonds. The van der Waals surface area contributed by atoms with Gasteiger partial charge in [-0.15, -0.1) is 0 Å². The van der Waals surface area contributed by atoms with Gasteiger partial charge in [-0.3, -0.25) is 0 Å². The Morgan fingerprint density at radius 2 is 1.78 bits per heavy atom. The summed E-state index contributed by atoms with van der Waals surface area (Å²) in [6.45, 7) is 2.26. The minimum Gasteiger partial charge on any atom is -0.390 e. The van der Waals surface area contributed by atoms with Gasteiger partial charge in [-0.2, -0.15) is 18.3 Å². The third-order valence-corrected chi connectivity index (χ3v) is 5.68. The van der Waals surface area contributed by atoms with Crippen LogP contribution in [-0.2, 0) is 22.8 Å². The summed E-state index contributed by atoms with van der Waals surface area (Å²) in [5, 5.41) is 59.0. The molecule has 0 atom stereocenters. The fourth-order valence-electron chi connectivity index (χ4n) is 3.86. The molecule has 1 aromatic carbocycles. The molecular weight excluding hydrogens is 530 g/mol. The van der Waals surface area contributed by atoms with E-state index in [-0.39, 0.29) is 9.70 Å². The molecule has 1 aliphatic carbocycles. The van der Waals surface area contributed by atoms with Gasteiger partial charge in [-0.05, 0) is 38.8 Å². The monoisotopic (exact) mass is 551 g/mol.